The summed E-state index contributed by atoms with van der Waals surface area (Å²) in [6, 6.07) is 1.54. The molecule has 1 fully saturated rings. The van der Waals surface area contributed by atoms with E-state index in [1.165, 1.54) is 12.4 Å². The predicted molar refractivity (Wildman–Crippen MR) is 63.8 cm³/mol. The van der Waals surface area contributed by atoms with Crippen LogP contribution in [0.15, 0.2) is 18.5 Å². The van der Waals surface area contributed by atoms with Gasteiger partial charge in [0.1, 0.15) is 5.60 Å². The normalized spacial score (nSPS) is 22.6. The monoisotopic (exact) mass is 273 g/mol. The van der Waals surface area contributed by atoms with Crippen LogP contribution in [-0.4, -0.2) is 38.8 Å². The number of carbonyl (C=O) groups excluding carboxylic acids is 1. The third-order valence-corrected chi connectivity index (χ3v) is 2.76. The summed E-state index contributed by atoms with van der Waals surface area (Å²) < 4.78 is 34.1. The minimum Gasteiger partial charge on any atom is -0.444 e. The quantitative estimate of drug-likeness (QED) is 0.790. The number of carbonyl (C=O) groups is 1. The van der Waals surface area contributed by atoms with Gasteiger partial charge >= 0.3 is 6.09 Å². The lowest BCUT2D eigenvalue weighted by Gasteiger charge is -2.30. The van der Waals surface area contributed by atoms with Crippen molar-refractivity contribution >= 4 is 6.09 Å². The van der Waals surface area contributed by atoms with Crippen molar-refractivity contribution in [3.63, 3.8) is 0 Å². The van der Waals surface area contributed by atoms with Crippen molar-refractivity contribution in [2.75, 3.05) is 6.54 Å². The molecule has 1 aliphatic rings. The summed E-state index contributed by atoms with van der Waals surface area (Å²) in [7, 11) is 0. The SMILES string of the molecule is CC(C)(C)OC(=O)N1CCC(F)(F)C1n1cccn1. The summed E-state index contributed by atoms with van der Waals surface area (Å²) >= 11 is 0. The van der Waals surface area contributed by atoms with Crippen LogP contribution in [0.5, 0.6) is 0 Å². The van der Waals surface area contributed by atoms with E-state index < -0.39 is 30.2 Å². The molecule has 1 aromatic heterocycles. The molecule has 1 atom stereocenters. The molecule has 1 unspecified atom stereocenters. The average Bonchev–Trinajstić information content (AvgIpc) is 2.81. The van der Waals surface area contributed by atoms with Crippen molar-refractivity contribution in [2.45, 2.75) is 44.9 Å². The molecule has 0 bridgehead atoms. The lowest BCUT2D eigenvalue weighted by Crippen LogP contribution is -2.42. The molecule has 1 amide bonds. The molecular weight excluding hydrogens is 256 g/mol. The summed E-state index contributed by atoms with van der Waals surface area (Å²) in [5, 5.41) is 3.81. The third-order valence-electron chi connectivity index (χ3n) is 2.76. The highest BCUT2D eigenvalue weighted by atomic mass is 19.3. The Balaban J connectivity index is 2.23. The van der Waals surface area contributed by atoms with E-state index in [4.69, 9.17) is 4.74 Å². The Kier molecular flexibility index (Phi) is 3.24. The average molecular weight is 273 g/mol. The van der Waals surface area contributed by atoms with Gasteiger partial charge in [0.25, 0.3) is 5.92 Å². The zero-order chi connectivity index (χ0) is 14.3. The van der Waals surface area contributed by atoms with E-state index in [-0.39, 0.29) is 6.54 Å². The molecule has 2 rings (SSSR count). The molecule has 0 aliphatic carbocycles. The maximum Gasteiger partial charge on any atom is 0.412 e. The van der Waals surface area contributed by atoms with Crippen LogP contribution in [0.25, 0.3) is 0 Å². The molecule has 0 aromatic carbocycles. The second-order valence-electron chi connectivity index (χ2n) is 5.54. The van der Waals surface area contributed by atoms with Gasteiger partial charge in [0, 0.05) is 25.4 Å². The van der Waals surface area contributed by atoms with Gasteiger partial charge in [0.05, 0.1) is 0 Å². The summed E-state index contributed by atoms with van der Waals surface area (Å²) in [6.07, 6.45) is 0.266. The van der Waals surface area contributed by atoms with Crippen LogP contribution in [0, 0.1) is 0 Å². The summed E-state index contributed by atoms with van der Waals surface area (Å²) in [6.45, 7) is 5.04. The van der Waals surface area contributed by atoms with Crippen LogP contribution < -0.4 is 0 Å². The molecule has 106 valence electrons. The maximum atomic E-state index is 13.9. The van der Waals surface area contributed by atoms with E-state index in [1.807, 2.05) is 0 Å². The van der Waals surface area contributed by atoms with E-state index in [0.29, 0.717) is 0 Å². The van der Waals surface area contributed by atoms with Gasteiger partial charge in [-0.2, -0.15) is 5.10 Å². The Labute approximate surface area is 110 Å². The highest BCUT2D eigenvalue weighted by Crippen LogP contribution is 2.41. The number of halogens is 2. The summed E-state index contributed by atoms with van der Waals surface area (Å²) in [5.74, 6) is -3.01. The summed E-state index contributed by atoms with van der Waals surface area (Å²) in [5.41, 5.74) is -0.719. The third kappa shape index (κ3) is 2.85. The van der Waals surface area contributed by atoms with Gasteiger partial charge in [-0.25, -0.2) is 18.3 Å². The smallest absolute Gasteiger partial charge is 0.412 e. The molecule has 5 nitrogen and oxygen atoms in total. The standard InChI is InChI=1S/C12H17F2N3O2/c1-11(2,3)19-10(18)16-8-5-12(13,14)9(16)17-7-4-6-15-17/h4,6-7,9H,5,8H2,1-3H3. The molecule has 0 radical (unpaired) electrons. The van der Waals surface area contributed by atoms with Gasteiger partial charge in [-0.3, -0.25) is 4.90 Å². The van der Waals surface area contributed by atoms with E-state index in [1.54, 1.807) is 26.8 Å². The van der Waals surface area contributed by atoms with Crippen LogP contribution in [0.3, 0.4) is 0 Å². The molecule has 7 heteroatoms. The van der Waals surface area contributed by atoms with Gasteiger partial charge < -0.3 is 4.74 Å². The van der Waals surface area contributed by atoms with Crippen molar-refractivity contribution in [3.8, 4) is 0 Å². The second kappa shape index (κ2) is 4.47. The number of rotatable bonds is 1. The van der Waals surface area contributed by atoms with Gasteiger partial charge in [-0.15, -0.1) is 0 Å². The first kappa shape index (κ1) is 13.8. The largest absolute Gasteiger partial charge is 0.444 e. The molecule has 0 spiro atoms. The maximum absolute atomic E-state index is 13.9. The van der Waals surface area contributed by atoms with E-state index in [9.17, 15) is 13.6 Å². The Morgan fingerprint density at radius 3 is 2.68 bits per heavy atom. The Morgan fingerprint density at radius 2 is 2.16 bits per heavy atom. The van der Waals surface area contributed by atoms with Gasteiger partial charge in [-0.1, -0.05) is 0 Å². The lowest BCUT2D eigenvalue weighted by atomic mass is 10.2. The predicted octanol–water partition coefficient (Wildman–Crippen LogP) is 2.66. The van der Waals surface area contributed by atoms with Crippen LogP contribution in [0.1, 0.15) is 33.4 Å². The molecule has 1 aliphatic heterocycles. The summed E-state index contributed by atoms with van der Waals surface area (Å²) in [4.78, 5) is 13.0. The van der Waals surface area contributed by atoms with Crippen molar-refractivity contribution in [2.24, 2.45) is 0 Å². The molecule has 0 saturated carbocycles. The van der Waals surface area contributed by atoms with E-state index in [0.717, 1.165) is 9.58 Å². The van der Waals surface area contributed by atoms with Crippen LogP contribution in [-0.2, 0) is 4.74 Å². The highest BCUT2D eigenvalue weighted by molar-refractivity contribution is 5.69. The Morgan fingerprint density at radius 1 is 1.47 bits per heavy atom. The topological polar surface area (TPSA) is 47.4 Å². The Bertz CT molecular complexity index is 454. The van der Waals surface area contributed by atoms with E-state index in [2.05, 4.69) is 5.10 Å². The lowest BCUT2D eigenvalue weighted by molar-refractivity contribution is -0.0723. The molecule has 0 N–H and O–H groups in total. The van der Waals surface area contributed by atoms with Gasteiger partial charge in [0.2, 0.25) is 0 Å². The number of amides is 1. The number of alkyl halides is 2. The van der Waals surface area contributed by atoms with Gasteiger partial charge in [-0.05, 0) is 26.8 Å². The molecule has 2 heterocycles. The number of hydrogen-bond acceptors (Lipinski definition) is 3. The number of likely N-dealkylation sites (tertiary alicyclic amines) is 1. The molecule has 1 saturated heterocycles. The fourth-order valence-electron chi connectivity index (χ4n) is 2.02. The first-order valence-electron chi connectivity index (χ1n) is 6.07. The molecular formula is C12H17F2N3O2. The minimum absolute atomic E-state index is 0.0492. The van der Waals surface area contributed by atoms with Crippen molar-refractivity contribution < 1.29 is 18.3 Å². The highest BCUT2D eigenvalue weighted by Gasteiger charge is 2.53. The van der Waals surface area contributed by atoms with Crippen LogP contribution in [0.4, 0.5) is 13.6 Å². The first-order valence-corrected chi connectivity index (χ1v) is 6.07. The van der Waals surface area contributed by atoms with E-state index >= 15 is 0 Å². The van der Waals surface area contributed by atoms with Crippen LogP contribution in [0.2, 0.25) is 0 Å². The molecule has 19 heavy (non-hydrogen) atoms. The number of hydrogen-bond donors (Lipinski definition) is 0. The van der Waals surface area contributed by atoms with Crippen molar-refractivity contribution in [1.82, 2.24) is 14.7 Å². The minimum atomic E-state index is -3.01. The number of nitrogens with zero attached hydrogens (tertiary/aromatic N) is 3. The van der Waals surface area contributed by atoms with Crippen molar-refractivity contribution in [3.05, 3.63) is 18.5 Å². The fourth-order valence-corrected chi connectivity index (χ4v) is 2.02. The molecule has 1 aromatic rings. The van der Waals surface area contributed by atoms with Crippen LogP contribution >= 0.6 is 0 Å². The number of ether oxygens (including phenoxy) is 1. The second-order valence-corrected chi connectivity index (χ2v) is 5.54. The first-order chi connectivity index (χ1) is 8.71. The zero-order valence-corrected chi connectivity index (χ0v) is 11.1. The van der Waals surface area contributed by atoms with Crippen molar-refractivity contribution in [1.29, 1.82) is 0 Å². The zero-order valence-electron chi connectivity index (χ0n) is 11.1. The Hall–Kier alpha value is -1.66. The van der Waals surface area contributed by atoms with Gasteiger partial charge in [0.15, 0.2) is 6.17 Å². The number of aromatic nitrogens is 2. The fraction of sp³-hybridized carbons (Fsp3) is 0.667.